The minimum absolute atomic E-state index is 0. The normalized spacial score (nSPS) is 20.4. The van der Waals surface area contributed by atoms with Crippen molar-refractivity contribution in [3.8, 4) is 0 Å². The summed E-state index contributed by atoms with van der Waals surface area (Å²) in [6.45, 7) is 3.78. The average Bonchev–Trinajstić information content (AvgIpc) is 3.17. The van der Waals surface area contributed by atoms with E-state index in [0.29, 0.717) is 39.1 Å². The molecule has 3 aliphatic heterocycles. The molecular formula is C29H36BrClN4O4. The molecule has 5 rings (SSSR count). The van der Waals surface area contributed by atoms with E-state index in [-0.39, 0.29) is 48.8 Å². The van der Waals surface area contributed by atoms with Gasteiger partial charge in [-0.25, -0.2) is 4.79 Å². The number of benzene rings is 2. The largest absolute Gasteiger partial charge is 0.381 e. The molecular weight excluding hydrogens is 584 g/mol. The first kappa shape index (κ1) is 29.5. The van der Waals surface area contributed by atoms with E-state index in [9.17, 15) is 14.4 Å². The summed E-state index contributed by atoms with van der Waals surface area (Å²) < 4.78 is 6.38. The number of imide groups is 1. The number of nitrogens with one attached hydrogen (secondary N) is 2. The molecule has 39 heavy (non-hydrogen) atoms. The van der Waals surface area contributed by atoms with Gasteiger partial charge in [0.25, 0.3) is 5.91 Å². The molecule has 2 aromatic carbocycles. The highest BCUT2D eigenvalue weighted by molar-refractivity contribution is 9.10. The second kappa shape index (κ2) is 13.3. The molecule has 3 aliphatic rings. The van der Waals surface area contributed by atoms with Crippen LogP contribution in [0.4, 0.5) is 4.79 Å². The van der Waals surface area contributed by atoms with E-state index in [2.05, 4.69) is 43.6 Å². The van der Waals surface area contributed by atoms with E-state index in [1.165, 1.54) is 4.90 Å². The molecule has 2 aromatic rings. The molecule has 1 spiro atoms. The molecule has 0 aliphatic carbocycles. The number of hydrogen-bond donors (Lipinski definition) is 2. The highest BCUT2D eigenvalue weighted by Gasteiger charge is 2.52. The number of urea groups is 1. The zero-order valence-electron chi connectivity index (χ0n) is 21.9. The first-order valence-corrected chi connectivity index (χ1v) is 14.3. The van der Waals surface area contributed by atoms with Gasteiger partial charge in [0.1, 0.15) is 5.54 Å². The summed E-state index contributed by atoms with van der Waals surface area (Å²) in [5.41, 5.74) is 1.20. The van der Waals surface area contributed by atoms with Crippen LogP contribution in [0.5, 0.6) is 0 Å². The molecule has 0 radical (unpaired) electrons. The van der Waals surface area contributed by atoms with Crippen molar-refractivity contribution in [3.63, 3.8) is 0 Å². The average molecular weight is 620 g/mol. The Balaban J connectivity index is 0.00000353. The Labute approximate surface area is 244 Å². The van der Waals surface area contributed by atoms with Crippen molar-refractivity contribution in [2.75, 3.05) is 32.8 Å². The van der Waals surface area contributed by atoms with Crippen LogP contribution in [0.3, 0.4) is 0 Å². The molecule has 0 bridgehead atoms. The molecule has 0 aromatic heterocycles. The maximum absolute atomic E-state index is 13.4. The van der Waals surface area contributed by atoms with Crippen molar-refractivity contribution in [1.29, 1.82) is 0 Å². The number of piperidine rings is 1. The molecule has 8 nitrogen and oxygen atoms in total. The third-order valence-corrected chi connectivity index (χ3v) is 8.58. The number of halogens is 2. The Morgan fingerprint density at radius 1 is 1.05 bits per heavy atom. The SMILES string of the molecule is Cl.O=C(N[C@@H](CCN1CCC2(CC1)NC(=O)N(Cc1ccc(Br)cc1)C2=O)c1ccccc1)C1CCOCC1. The van der Waals surface area contributed by atoms with Crippen LogP contribution in [0.2, 0.25) is 0 Å². The van der Waals surface area contributed by atoms with Gasteiger partial charge < -0.3 is 20.3 Å². The second-order valence-corrected chi connectivity index (χ2v) is 11.4. The van der Waals surface area contributed by atoms with Crippen molar-refractivity contribution in [3.05, 3.63) is 70.2 Å². The number of rotatable bonds is 8. The van der Waals surface area contributed by atoms with Crippen molar-refractivity contribution in [2.45, 2.75) is 50.2 Å². The summed E-state index contributed by atoms with van der Waals surface area (Å²) in [5, 5.41) is 6.30. The quantitative estimate of drug-likeness (QED) is 0.427. The first-order valence-electron chi connectivity index (χ1n) is 13.5. The first-order chi connectivity index (χ1) is 18.4. The van der Waals surface area contributed by atoms with E-state index >= 15 is 0 Å². The maximum atomic E-state index is 13.4. The molecule has 4 amide bonds. The molecule has 3 fully saturated rings. The monoisotopic (exact) mass is 618 g/mol. The van der Waals surface area contributed by atoms with Crippen molar-refractivity contribution < 1.29 is 19.1 Å². The summed E-state index contributed by atoms with van der Waals surface area (Å²) in [5.74, 6) is -0.0250. The molecule has 0 saturated carbocycles. The number of amides is 4. The summed E-state index contributed by atoms with van der Waals surface area (Å²) >= 11 is 3.42. The van der Waals surface area contributed by atoms with Gasteiger partial charge in [-0.2, -0.15) is 0 Å². The maximum Gasteiger partial charge on any atom is 0.325 e. The minimum Gasteiger partial charge on any atom is -0.381 e. The summed E-state index contributed by atoms with van der Waals surface area (Å²) in [6.07, 6.45) is 3.47. The fraction of sp³-hybridized carbons (Fsp3) is 0.483. The fourth-order valence-corrected chi connectivity index (χ4v) is 5.92. The van der Waals surface area contributed by atoms with Gasteiger partial charge in [0.15, 0.2) is 0 Å². The lowest BCUT2D eigenvalue weighted by molar-refractivity contribution is -0.133. The van der Waals surface area contributed by atoms with Gasteiger partial charge in [0.2, 0.25) is 5.91 Å². The van der Waals surface area contributed by atoms with Gasteiger partial charge in [0.05, 0.1) is 12.6 Å². The van der Waals surface area contributed by atoms with Crippen LogP contribution in [0, 0.1) is 5.92 Å². The lowest BCUT2D eigenvalue weighted by atomic mass is 9.87. The smallest absolute Gasteiger partial charge is 0.325 e. The van der Waals surface area contributed by atoms with Gasteiger partial charge in [0, 0.05) is 43.2 Å². The van der Waals surface area contributed by atoms with Gasteiger partial charge in [-0.15, -0.1) is 12.4 Å². The van der Waals surface area contributed by atoms with Gasteiger partial charge in [-0.1, -0.05) is 58.4 Å². The van der Waals surface area contributed by atoms with Crippen LogP contribution in [0.25, 0.3) is 0 Å². The number of carbonyl (C=O) groups is 3. The number of hydrogen-bond acceptors (Lipinski definition) is 5. The van der Waals surface area contributed by atoms with Crippen LogP contribution < -0.4 is 10.6 Å². The highest BCUT2D eigenvalue weighted by atomic mass is 79.9. The lowest BCUT2D eigenvalue weighted by Crippen LogP contribution is -2.55. The zero-order chi connectivity index (χ0) is 26.5. The van der Waals surface area contributed by atoms with E-state index in [0.717, 1.165) is 41.4 Å². The lowest BCUT2D eigenvalue weighted by Gasteiger charge is -2.38. The van der Waals surface area contributed by atoms with Gasteiger partial charge in [-0.3, -0.25) is 14.5 Å². The van der Waals surface area contributed by atoms with Crippen LogP contribution >= 0.6 is 28.3 Å². The summed E-state index contributed by atoms with van der Waals surface area (Å²) in [7, 11) is 0. The van der Waals surface area contributed by atoms with Crippen LogP contribution in [0.1, 0.15) is 49.3 Å². The molecule has 2 N–H and O–H groups in total. The second-order valence-electron chi connectivity index (χ2n) is 10.5. The fourth-order valence-electron chi connectivity index (χ4n) is 5.66. The molecule has 210 valence electrons. The molecule has 0 unspecified atom stereocenters. The minimum atomic E-state index is -0.820. The Morgan fingerprint density at radius 2 is 1.72 bits per heavy atom. The van der Waals surface area contributed by atoms with Gasteiger partial charge >= 0.3 is 6.03 Å². The molecule has 3 heterocycles. The van der Waals surface area contributed by atoms with Crippen LogP contribution in [-0.2, 0) is 20.9 Å². The van der Waals surface area contributed by atoms with E-state index in [1.54, 1.807) is 0 Å². The number of carbonyl (C=O) groups excluding carboxylic acids is 3. The topological polar surface area (TPSA) is 91.0 Å². The predicted octanol–water partition coefficient (Wildman–Crippen LogP) is 4.43. The van der Waals surface area contributed by atoms with E-state index < -0.39 is 5.54 Å². The Morgan fingerprint density at radius 3 is 2.38 bits per heavy atom. The highest BCUT2D eigenvalue weighted by Crippen LogP contribution is 2.31. The number of likely N-dealkylation sites (tertiary alicyclic amines) is 1. The summed E-state index contributed by atoms with van der Waals surface area (Å²) in [4.78, 5) is 42.7. The zero-order valence-corrected chi connectivity index (χ0v) is 24.3. The molecule has 3 saturated heterocycles. The number of ether oxygens (including phenoxy) is 1. The predicted molar refractivity (Wildman–Crippen MR) is 154 cm³/mol. The molecule has 1 atom stereocenters. The standard InChI is InChI=1S/C29H35BrN4O4.ClH/c30-24-8-6-21(7-9-24)20-34-27(36)29(32-28(34)37)13-16-33(17-14-29)15-10-25(22-4-2-1-3-5-22)31-26(35)23-11-18-38-19-12-23;/h1-9,23,25H,10-20H2,(H,31,35)(H,32,37);1H/t25-;/m0./s1. The Bertz CT molecular complexity index is 1140. The third kappa shape index (κ3) is 7.01. The van der Waals surface area contributed by atoms with Crippen molar-refractivity contribution in [2.24, 2.45) is 5.92 Å². The van der Waals surface area contributed by atoms with Crippen LogP contribution in [0.15, 0.2) is 59.1 Å². The van der Waals surface area contributed by atoms with Crippen molar-refractivity contribution in [1.82, 2.24) is 20.4 Å². The Kier molecular flexibility index (Phi) is 10.0. The number of nitrogens with zero attached hydrogens (tertiary/aromatic N) is 2. The third-order valence-electron chi connectivity index (χ3n) is 8.05. The van der Waals surface area contributed by atoms with Gasteiger partial charge in [-0.05, 0) is 55.4 Å². The Hall–Kier alpha value is -2.46. The van der Waals surface area contributed by atoms with E-state index in [1.807, 2.05) is 42.5 Å². The van der Waals surface area contributed by atoms with E-state index in [4.69, 9.17) is 4.74 Å². The van der Waals surface area contributed by atoms with Crippen LogP contribution in [-0.4, -0.2) is 66.0 Å². The van der Waals surface area contributed by atoms with Crippen molar-refractivity contribution >= 4 is 46.2 Å². The molecule has 10 heteroatoms. The summed E-state index contributed by atoms with van der Waals surface area (Å²) in [6, 6.07) is 17.4.